The molecule has 0 aliphatic rings. The van der Waals surface area contributed by atoms with Crippen LogP contribution >= 0.6 is 0 Å². The van der Waals surface area contributed by atoms with Crippen LogP contribution in [0.3, 0.4) is 0 Å². The van der Waals surface area contributed by atoms with Gasteiger partial charge in [0, 0.05) is 6.42 Å². The smallest absolute Gasteiger partial charge is 0.303 e. The van der Waals surface area contributed by atoms with Crippen molar-refractivity contribution in [3.05, 3.63) is 0 Å². The van der Waals surface area contributed by atoms with E-state index in [1.165, 1.54) is 44.9 Å². The van der Waals surface area contributed by atoms with Crippen LogP contribution in [0.2, 0.25) is 0 Å². The fourth-order valence-electron chi connectivity index (χ4n) is 2.26. The van der Waals surface area contributed by atoms with Crippen molar-refractivity contribution in [2.45, 2.75) is 95.5 Å². The van der Waals surface area contributed by atoms with Gasteiger partial charge in [0.15, 0.2) is 0 Å². The number of carboxylic acid groups (broad SMARTS) is 1. The fraction of sp³-hybridized carbons (Fsp3) is 0.944. The number of rotatable bonds is 15. The molecule has 4 atom stereocenters. The van der Waals surface area contributed by atoms with Crippen LogP contribution in [0.1, 0.15) is 71.1 Å². The van der Waals surface area contributed by atoms with Crippen LogP contribution in [0.15, 0.2) is 0 Å². The lowest BCUT2D eigenvalue weighted by Gasteiger charge is -2.24. The van der Waals surface area contributed by atoms with Gasteiger partial charge in [0.25, 0.3) is 0 Å². The molecule has 8 nitrogen and oxygen atoms in total. The van der Waals surface area contributed by atoms with Crippen molar-refractivity contribution in [3.8, 4) is 0 Å². The Morgan fingerprint density at radius 3 is 1.35 bits per heavy atom. The number of carbonyl (C=O) groups is 1. The van der Waals surface area contributed by atoms with Gasteiger partial charge in [0.2, 0.25) is 0 Å². The monoisotopic (exact) mass is 382 g/mol. The molecule has 0 aromatic heterocycles. The molecule has 26 heavy (non-hydrogen) atoms. The van der Waals surface area contributed by atoms with Crippen molar-refractivity contribution in [3.63, 3.8) is 0 Å². The highest BCUT2D eigenvalue weighted by atomic mass is 16.4. The molecule has 8 heteroatoms. The van der Waals surface area contributed by atoms with Gasteiger partial charge in [-0.15, -0.1) is 0 Å². The Kier molecular flexibility index (Phi) is 20.1. The molecule has 0 spiro atoms. The van der Waals surface area contributed by atoms with E-state index in [9.17, 15) is 4.79 Å². The van der Waals surface area contributed by atoms with Crippen LogP contribution in [0.25, 0.3) is 0 Å². The number of hydrogen-bond acceptors (Lipinski definition) is 7. The van der Waals surface area contributed by atoms with Gasteiger partial charge in [0.1, 0.15) is 24.4 Å². The van der Waals surface area contributed by atoms with E-state index in [2.05, 4.69) is 6.92 Å². The van der Waals surface area contributed by atoms with Crippen molar-refractivity contribution < 1.29 is 40.5 Å². The van der Waals surface area contributed by atoms with E-state index in [1.807, 2.05) is 0 Å². The molecule has 0 aliphatic heterocycles. The molecular weight excluding hydrogens is 344 g/mol. The maximum atomic E-state index is 10.2. The summed E-state index contributed by atoms with van der Waals surface area (Å²) in [5.74, 6) is -0.659. The summed E-state index contributed by atoms with van der Waals surface area (Å²) in [4.78, 5) is 10.2. The van der Waals surface area contributed by atoms with Gasteiger partial charge < -0.3 is 35.7 Å². The van der Waals surface area contributed by atoms with Crippen molar-refractivity contribution in [1.29, 1.82) is 0 Å². The van der Waals surface area contributed by atoms with Gasteiger partial charge in [-0.1, -0.05) is 58.3 Å². The second-order valence-electron chi connectivity index (χ2n) is 6.45. The molecule has 0 rings (SSSR count). The maximum Gasteiger partial charge on any atom is 0.303 e. The Balaban J connectivity index is 0. The zero-order valence-electron chi connectivity index (χ0n) is 15.8. The minimum absolute atomic E-state index is 0.343. The topological polar surface area (TPSA) is 159 Å². The summed E-state index contributed by atoms with van der Waals surface area (Å²) >= 11 is 0. The molecule has 0 saturated heterocycles. The Bertz CT molecular complexity index is 300. The average Bonchev–Trinajstić information content (AvgIpc) is 2.64. The highest BCUT2D eigenvalue weighted by Gasteiger charge is 2.29. The first-order valence-corrected chi connectivity index (χ1v) is 9.47. The quantitative estimate of drug-likeness (QED) is 0.201. The SMILES string of the molecule is CCCCCCCCCCCC(=O)O.OC[C@@H](O)[C@@H](O)[C@H](O)[C@H](O)CO. The highest BCUT2D eigenvalue weighted by molar-refractivity contribution is 5.66. The zero-order chi connectivity index (χ0) is 20.4. The largest absolute Gasteiger partial charge is 0.481 e. The first kappa shape index (κ1) is 27.4. The number of unbranched alkanes of at least 4 members (excludes halogenated alkanes) is 8. The van der Waals surface area contributed by atoms with E-state index in [0.717, 1.165) is 12.8 Å². The Morgan fingerprint density at radius 2 is 1.04 bits per heavy atom. The van der Waals surface area contributed by atoms with Crippen molar-refractivity contribution >= 4 is 5.97 Å². The summed E-state index contributed by atoms with van der Waals surface area (Å²) in [5, 5.41) is 60.6. The predicted molar refractivity (Wildman–Crippen MR) is 97.7 cm³/mol. The van der Waals surface area contributed by atoms with Gasteiger partial charge in [-0.25, -0.2) is 0 Å². The molecule has 0 aromatic rings. The van der Waals surface area contributed by atoms with Crippen molar-refractivity contribution in [2.24, 2.45) is 0 Å². The fourth-order valence-corrected chi connectivity index (χ4v) is 2.26. The molecule has 0 amide bonds. The summed E-state index contributed by atoms with van der Waals surface area (Å²) in [7, 11) is 0. The molecule has 0 aromatic carbocycles. The second kappa shape index (κ2) is 19.0. The normalized spacial score (nSPS) is 15.5. The van der Waals surface area contributed by atoms with Gasteiger partial charge in [0.05, 0.1) is 13.2 Å². The Labute approximate surface area is 156 Å². The minimum Gasteiger partial charge on any atom is -0.481 e. The lowest BCUT2D eigenvalue weighted by Crippen LogP contribution is -2.46. The molecule has 0 aliphatic carbocycles. The van der Waals surface area contributed by atoms with Crippen LogP contribution in [0.4, 0.5) is 0 Å². The number of aliphatic carboxylic acids is 1. The summed E-state index contributed by atoms with van der Waals surface area (Å²) in [6.07, 6.45) is 5.09. The van der Waals surface area contributed by atoms with E-state index >= 15 is 0 Å². The van der Waals surface area contributed by atoms with Crippen LogP contribution in [0, 0.1) is 0 Å². The summed E-state index contributed by atoms with van der Waals surface area (Å²) < 4.78 is 0. The average molecular weight is 382 g/mol. The van der Waals surface area contributed by atoms with Gasteiger partial charge in [-0.05, 0) is 6.42 Å². The summed E-state index contributed by atoms with van der Waals surface area (Å²) in [5.41, 5.74) is 0. The molecule has 0 bridgehead atoms. The molecular formula is C18H38O8. The van der Waals surface area contributed by atoms with Crippen LogP contribution in [-0.4, -0.2) is 79.3 Å². The Morgan fingerprint density at radius 1 is 0.692 bits per heavy atom. The minimum atomic E-state index is -1.67. The predicted octanol–water partition coefficient (Wildman–Crippen LogP) is 0.406. The molecule has 0 saturated carbocycles. The van der Waals surface area contributed by atoms with Gasteiger partial charge >= 0.3 is 5.97 Å². The third-order valence-corrected chi connectivity index (χ3v) is 4.01. The number of aliphatic hydroxyl groups excluding tert-OH is 6. The number of hydrogen-bond donors (Lipinski definition) is 7. The standard InChI is InChI=1S/C12H24O2.C6H14O6/c1-2-3-4-5-6-7-8-9-10-11-12(13)14;7-1-3(9)5(11)6(12)4(10)2-8/h2-11H2,1H3,(H,13,14);3-12H,1-2H2/t;3-,4-,5-,6-/m.1/s1. The Hall–Kier alpha value is -0.770. The third-order valence-electron chi connectivity index (χ3n) is 4.01. The first-order chi connectivity index (χ1) is 12.3. The highest BCUT2D eigenvalue weighted by Crippen LogP contribution is 2.10. The maximum absolute atomic E-state index is 10.2. The van der Waals surface area contributed by atoms with Crippen LogP contribution in [-0.2, 0) is 4.79 Å². The summed E-state index contributed by atoms with van der Waals surface area (Å²) in [6, 6.07) is 0. The van der Waals surface area contributed by atoms with E-state index < -0.39 is 43.6 Å². The van der Waals surface area contributed by atoms with Crippen molar-refractivity contribution in [1.82, 2.24) is 0 Å². The molecule has 0 unspecified atom stereocenters. The molecule has 0 radical (unpaired) electrons. The molecule has 0 heterocycles. The van der Waals surface area contributed by atoms with E-state index in [0.29, 0.717) is 6.42 Å². The van der Waals surface area contributed by atoms with Crippen LogP contribution < -0.4 is 0 Å². The van der Waals surface area contributed by atoms with E-state index in [4.69, 9.17) is 35.7 Å². The van der Waals surface area contributed by atoms with Crippen LogP contribution in [0.5, 0.6) is 0 Å². The molecule has 0 fully saturated rings. The first-order valence-electron chi connectivity index (χ1n) is 9.47. The van der Waals surface area contributed by atoms with Gasteiger partial charge in [-0.2, -0.15) is 0 Å². The van der Waals surface area contributed by atoms with Gasteiger partial charge in [-0.3, -0.25) is 4.79 Å². The van der Waals surface area contributed by atoms with E-state index in [1.54, 1.807) is 0 Å². The molecule has 158 valence electrons. The number of carboxylic acids is 1. The second-order valence-corrected chi connectivity index (χ2v) is 6.45. The lowest BCUT2D eigenvalue weighted by atomic mass is 10.0. The lowest BCUT2D eigenvalue weighted by molar-refractivity contribution is -0.137. The molecule has 7 N–H and O–H groups in total. The van der Waals surface area contributed by atoms with E-state index in [-0.39, 0.29) is 0 Å². The zero-order valence-corrected chi connectivity index (χ0v) is 15.8. The van der Waals surface area contributed by atoms with Crippen molar-refractivity contribution in [2.75, 3.05) is 13.2 Å². The summed E-state index contributed by atoms with van der Waals surface area (Å²) in [6.45, 7) is 0.776. The third kappa shape index (κ3) is 16.7. The number of aliphatic hydroxyl groups is 6.